The summed E-state index contributed by atoms with van der Waals surface area (Å²) in [7, 11) is 0. The van der Waals surface area contributed by atoms with Gasteiger partial charge in [0.2, 0.25) is 0 Å². The van der Waals surface area contributed by atoms with Crippen LogP contribution in [0.4, 0.5) is 8.78 Å². The molecule has 198 valence electrons. The van der Waals surface area contributed by atoms with Crippen molar-refractivity contribution < 1.29 is 18.7 Å². The SMILES string of the molecule is CCCCCCCCCCCCCCCCCCCCCCC.O=C(O)c1c(F)cccc1F. The van der Waals surface area contributed by atoms with Gasteiger partial charge in [0.05, 0.1) is 0 Å². The van der Waals surface area contributed by atoms with Crippen molar-refractivity contribution in [2.75, 3.05) is 0 Å². The fourth-order valence-electron chi connectivity index (χ4n) is 4.21. The molecule has 1 aromatic rings. The van der Waals surface area contributed by atoms with Crippen LogP contribution >= 0.6 is 0 Å². The van der Waals surface area contributed by atoms with Gasteiger partial charge in [-0.2, -0.15) is 0 Å². The molecule has 4 heteroatoms. The lowest BCUT2D eigenvalue weighted by Crippen LogP contribution is -2.03. The highest BCUT2D eigenvalue weighted by Crippen LogP contribution is 2.15. The molecule has 0 saturated carbocycles. The third-order valence-corrected chi connectivity index (χ3v) is 6.38. The van der Waals surface area contributed by atoms with Crippen molar-refractivity contribution >= 4 is 5.97 Å². The molecule has 0 aromatic heterocycles. The van der Waals surface area contributed by atoms with Crippen LogP contribution in [0.25, 0.3) is 0 Å². The number of hydrogen-bond donors (Lipinski definition) is 1. The van der Waals surface area contributed by atoms with Gasteiger partial charge in [0.15, 0.2) is 0 Å². The zero-order chi connectivity index (χ0) is 25.3. The minimum Gasteiger partial charge on any atom is -0.477 e. The van der Waals surface area contributed by atoms with E-state index in [0.717, 1.165) is 18.2 Å². The minimum absolute atomic E-state index is 0.895. The molecule has 0 spiro atoms. The van der Waals surface area contributed by atoms with E-state index >= 15 is 0 Å². The maximum Gasteiger partial charge on any atom is 0.341 e. The van der Waals surface area contributed by atoms with Crippen molar-refractivity contribution in [1.29, 1.82) is 0 Å². The molecule has 0 unspecified atom stereocenters. The number of carbonyl (C=O) groups is 1. The van der Waals surface area contributed by atoms with Gasteiger partial charge in [0, 0.05) is 0 Å². The summed E-state index contributed by atoms with van der Waals surface area (Å²) in [5.74, 6) is -3.71. The number of rotatable bonds is 21. The predicted octanol–water partition coefficient (Wildman–Crippen LogP) is 10.9. The zero-order valence-electron chi connectivity index (χ0n) is 22.2. The highest BCUT2D eigenvalue weighted by molar-refractivity contribution is 5.88. The molecule has 0 fully saturated rings. The van der Waals surface area contributed by atoms with Crippen LogP contribution in [0.1, 0.15) is 159 Å². The molecular weight excluding hydrogens is 430 g/mol. The van der Waals surface area contributed by atoms with Crippen molar-refractivity contribution in [3.05, 3.63) is 35.4 Å². The maximum absolute atomic E-state index is 12.5. The Balaban J connectivity index is 0.000000818. The molecule has 0 aliphatic heterocycles. The molecule has 0 saturated heterocycles. The molecule has 0 radical (unpaired) electrons. The third-order valence-electron chi connectivity index (χ3n) is 6.38. The standard InChI is InChI=1S/C23H48.C7H4F2O2/c1-3-5-7-9-11-13-15-17-19-21-23-22-20-18-16-14-12-10-8-6-4-2;8-4-2-1-3-5(9)6(4)7(10)11/h3-23H2,1-2H3;1-3H,(H,10,11). The summed E-state index contributed by atoms with van der Waals surface area (Å²) in [6, 6.07) is 2.90. The highest BCUT2D eigenvalue weighted by Gasteiger charge is 2.14. The van der Waals surface area contributed by atoms with Crippen molar-refractivity contribution in [3.63, 3.8) is 0 Å². The molecule has 0 bridgehead atoms. The van der Waals surface area contributed by atoms with E-state index in [-0.39, 0.29) is 0 Å². The van der Waals surface area contributed by atoms with Crippen LogP contribution in [-0.4, -0.2) is 11.1 Å². The maximum atomic E-state index is 12.5. The Labute approximate surface area is 208 Å². The molecule has 1 N–H and O–H groups in total. The molecule has 1 aromatic carbocycles. The van der Waals surface area contributed by atoms with E-state index in [2.05, 4.69) is 13.8 Å². The Hall–Kier alpha value is -1.45. The first-order chi connectivity index (χ1) is 16.5. The van der Waals surface area contributed by atoms with Gasteiger partial charge in [-0.25, -0.2) is 13.6 Å². The zero-order valence-corrected chi connectivity index (χ0v) is 22.2. The fourth-order valence-corrected chi connectivity index (χ4v) is 4.21. The van der Waals surface area contributed by atoms with Crippen LogP contribution in [0.2, 0.25) is 0 Å². The van der Waals surface area contributed by atoms with Crippen LogP contribution in [0.5, 0.6) is 0 Å². The number of benzene rings is 1. The summed E-state index contributed by atoms with van der Waals surface area (Å²) in [6.45, 7) is 4.60. The molecule has 0 atom stereocenters. The molecule has 0 aliphatic carbocycles. The van der Waals surface area contributed by atoms with E-state index in [4.69, 9.17) is 5.11 Å². The molecule has 34 heavy (non-hydrogen) atoms. The Morgan fingerprint density at radius 2 is 0.794 bits per heavy atom. The highest BCUT2D eigenvalue weighted by atomic mass is 19.1. The first-order valence-corrected chi connectivity index (χ1v) is 14.2. The van der Waals surface area contributed by atoms with Gasteiger partial charge in [-0.05, 0) is 12.1 Å². The van der Waals surface area contributed by atoms with Gasteiger partial charge in [-0.1, -0.05) is 155 Å². The van der Waals surface area contributed by atoms with Gasteiger partial charge in [-0.3, -0.25) is 0 Å². The summed E-state index contributed by atoms with van der Waals surface area (Å²) < 4.78 is 25.0. The van der Waals surface area contributed by atoms with Crippen LogP contribution in [0, 0.1) is 11.6 Å². The number of unbranched alkanes of at least 4 members (excludes halogenated alkanes) is 20. The lowest BCUT2D eigenvalue weighted by Gasteiger charge is -2.04. The van der Waals surface area contributed by atoms with E-state index in [1.165, 1.54) is 135 Å². The fraction of sp³-hybridized carbons (Fsp3) is 0.767. The Morgan fingerprint density at radius 3 is 0.971 bits per heavy atom. The number of hydrogen-bond acceptors (Lipinski definition) is 1. The quantitative estimate of drug-likeness (QED) is 0.177. The van der Waals surface area contributed by atoms with E-state index in [9.17, 15) is 13.6 Å². The number of halogens is 2. The number of aromatic carboxylic acids is 1. The van der Waals surface area contributed by atoms with E-state index < -0.39 is 23.2 Å². The van der Waals surface area contributed by atoms with Crippen LogP contribution < -0.4 is 0 Å². The Bertz CT molecular complexity index is 549. The first-order valence-electron chi connectivity index (χ1n) is 14.2. The third kappa shape index (κ3) is 20.0. The summed E-state index contributed by atoms with van der Waals surface area (Å²) in [5.41, 5.74) is -0.910. The second-order valence-electron chi connectivity index (χ2n) is 9.62. The monoisotopic (exact) mass is 482 g/mol. The first kappa shape index (κ1) is 32.5. The molecule has 0 amide bonds. The van der Waals surface area contributed by atoms with E-state index in [1.54, 1.807) is 0 Å². The van der Waals surface area contributed by atoms with Crippen molar-refractivity contribution in [2.24, 2.45) is 0 Å². The minimum atomic E-state index is -1.60. The number of carboxylic acid groups (broad SMARTS) is 1. The van der Waals surface area contributed by atoms with Gasteiger partial charge >= 0.3 is 5.97 Å². The van der Waals surface area contributed by atoms with Gasteiger partial charge in [-0.15, -0.1) is 0 Å². The van der Waals surface area contributed by atoms with Crippen molar-refractivity contribution in [3.8, 4) is 0 Å². The average molecular weight is 483 g/mol. The predicted molar refractivity (Wildman–Crippen MR) is 142 cm³/mol. The van der Waals surface area contributed by atoms with Crippen molar-refractivity contribution in [2.45, 2.75) is 149 Å². The van der Waals surface area contributed by atoms with E-state index in [0.29, 0.717) is 0 Å². The van der Waals surface area contributed by atoms with Crippen molar-refractivity contribution in [1.82, 2.24) is 0 Å². The summed E-state index contributed by atoms with van der Waals surface area (Å²) in [6.07, 6.45) is 30.9. The molecular formula is C30H52F2O2. The molecule has 1 rings (SSSR count). The Morgan fingerprint density at radius 1 is 0.559 bits per heavy atom. The largest absolute Gasteiger partial charge is 0.477 e. The van der Waals surface area contributed by atoms with Crippen LogP contribution in [0.3, 0.4) is 0 Å². The van der Waals surface area contributed by atoms with Crippen LogP contribution in [0.15, 0.2) is 18.2 Å². The lowest BCUT2D eigenvalue weighted by molar-refractivity contribution is 0.0686. The lowest BCUT2D eigenvalue weighted by atomic mass is 10.0. The second kappa shape index (κ2) is 24.7. The summed E-state index contributed by atoms with van der Waals surface area (Å²) in [4.78, 5) is 10.2. The summed E-state index contributed by atoms with van der Waals surface area (Å²) >= 11 is 0. The van der Waals surface area contributed by atoms with Gasteiger partial charge in [0.25, 0.3) is 0 Å². The molecule has 0 aliphatic rings. The average Bonchev–Trinajstić information content (AvgIpc) is 2.81. The summed E-state index contributed by atoms with van der Waals surface area (Å²) in [5, 5.41) is 8.27. The van der Waals surface area contributed by atoms with Gasteiger partial charge in [0.1, 0.15) is 17.2 Å². The second-order valence-corrected chi connectivity index (χ2v) is 9.62. The topological polar surface area (TPSA) is 37.3 Å². The normalized spacial score (nSPS) is 10.7. The van der Waals surface area contributed by atoms with E-state index in [1.807, 2.05) is 0 Å². The van der Waals surface area contributed by atoms with Crippen LogP contribution in [-0.2, 0) is 0 Å². The molecule has 2 nitrogen and oxygen atoms in total. The van der Waals surface area contributed by atoms with Gasteiger partial charge < -0.3 is 5.11 Å². The molecule has 0 heterocycles. The smallest absolute Gasteiger partial charge is 0.341 e. The Kier molecular flexibility index (Phi) is 23.6. The number of carboxylic acids is 1.